The van der Waals surface area contributed by atoms with Crippen LogP contribution in [0.3, 0.4) is 0 Å². The third kappa shape index (κ3) is 2.96. The van der Waals surface area contributed by atoms with E-state index in [4.69, 9.17) is 4.74 Å². The molecule has 0 atom stereocenters. The summed E-state index contributed by atoms with van der Waals surface area (Å²) in [5.41, 5.74) is 2.03. The summed E-state index contributed by atoms with van der Waals surface area (Å²) in [4.78, 5) is 13.6. The number of amides is 1. The first kappa shape index (κ1) is 13.4. The summed E-state index contributed by atoms with van der Waals surface area (Å²) >= 11 is 0. The third-order valence-corrected chi connectivity index (χ3v) is 4.23. The highest BCUT2D eigenvalue weighted by molar-refractivity contribution is 5.88. The molecule has 20 heavy (non-hydrogen) atoms. The predicted octanol–water partition coefficient (Wildman–Crippen LogP) is 3.13. The molecule has 0 aromatic heterocycles. The van der Waals surface area contributed by atoms with Crippen LogP contribution in [0.25, 0.3) is 0 Å². The van der Waals surface area contributed by atoms with E-state index in [1.165, 1.54) is 44.6 Å². The highest BCUT2D eigenvalue weighted by Crippen LogP contribution is 2.31. The lowest BCUT2D eigenvalue weighted by Gasteiger charge is -2.37. The van der Waals surface area contributed by atoms with Crippen LogP contribution in [-0.4, -0.2) is 23.6 Å². The fraction of sp³-hybridized carbons (Fsp3) is 0.562. The van der Waals surface area contributed by atoms with Gasteiger partial charge in [-0.15, -0.1) is 0 Å². The van der Waals surface area contributed by atoms with Gasteiger partial charge in [0.2, 0.25) is 5.91 Å². The van der Waals surface area contributed by atoms with E-state index >= 15 is 0 Å². The molecule has 0 radical (unpaired) electrons. The van der Waals surface area contributed by atoms with Crippen molar-refractivity contribution in [3.05, 3.63) is 23.8 Å². The molecule has 108 valence electrons. The Bertz CT molecular complexity index is 495. The molecule has 0 saturated heterocycles. The van der Waals surface area contributed by atoms with Gasteiger partial charge in [0.15, 0.2) is 0 Å². The predicted molar refractivity (Wildman–Crippen MR) is 78.7 cm³/mol. The molecule has 1 fully saturated rings. The molecule has 1 aromatic rings. The summed E-state index contributed by atoms with van der Waals surface area (Å²) in [6, 6.07) is 6.54. The zero-order valence-corrected chi connectivity index (χ0v) is 12.0. The smallest absolute Gasteiger partial charge is 0.221 e. The Morgan fingerprint density at radius 2 is 2.10 bits per heavy atom. The fourth-order valence-corrected chi connectivity index (χ4v) is 3.22. The van der Waals surface area contributed by atoms with E-state index in [0.717, 1.165) is 18.0 Å². The lowest BCUT2D eigenvalue weighted by Crippen LogP contribution is -2.41. The maximum Gasteiger partial charge on any atom is 0.221 e. The van der Waals surface area contributed by atoms with Crippen molar-refractivity contribution in [2.45, 2.75) is 51.6 Å². The molecule has 0 unspecified atom stereocenters. The van der Waals surface area contributed by atoms with Crippen molar-refractivity contribution in [2.75, 3.05) is 12.0 Å². The second kappa shape index (κ2) is 5.83. The number of ether oxygens (including phenoxy) is 1. The number of rotatable bonds is 2. The minimum Gasteiger partial charge on any atom is -0.478 e. The first-order valence-electron chi connectivity index (χ1n) is 7.50. The van der Waals surface area contributed by atoms with Crippen LogP contribution < -0.4 is 10.1 Å². The number of carbonyl (C=O) groups excluding carboxylic acids is 1. The van der Waals surface area contributed by atoms with Crippen molar-refractivity contribution in [1.29, 1.82) is 0 Å². The molecule has 1 heterocycles. The molecule has 3 rings (SSSR count). The van der Waals surface area contributed by atoms with Crippen molar-refractivity contribution in [3.63, 3.8) is 0 Å². The molecule has 1 aliphatic heterocycles. The van der Waals surface area contributed by atoms with E-state index in [9.17, 15) is 4.79 Å². The molecule has 4 heteroatoms. The topological polar surface area (TPSA) is 41.6 Å². The number of nitrogens with zero attached hydrogens (tertiary/aromatic N) is 1. The summed E-state index contributed by atoms with van der Waals surface area (Å²) in [6.45, 7) is 3.15. The summed E-state index contributed by atoms with van der Waals surface area (Å²) in [5.74, 6) is 0.914. The van der Waals surface area contributed by atoms with Crippen LogP contribution in [0.4, 0.5) is 5.69 Å². The van der Waals surface area contributed by atoms with Crippen LogP contribution in [0.2, 0.25) is 0 Å². The summed E-state index contributed by atoms with van der Waals surface area (Å²) in [6.07, 6.45) is 6.60. The van der Waals surface area contributed by atoms with E-state index in [2.05, 4.69) is 10.2 Å². The second-order valence-electron chi connectivity index (χ2n) is 5.82. The standard InChI is InChI=1S/C16H22N2O2/c1-12(19)17-14-7-8-16-13(9-14)10-18(11-20-16)15-5-3-2-4-6-15/h7-9,15H,2-6,10-11H2,1H3,(H,17,19). The minimum absolute atomic E-state index is 0.0363. The number of benzene rings is 1. The van der Waals surface area contributed by atoms with Gasteiger partial charge in [-0.1, -0.05) is 19.3 Å². The van der Waals surface area contributed by atoms with Gasteiger partial charge in [-0.3, -0.25) is 9.69 Å². The maximum atomic E-state index is 11.1. The van der Waals surface area contributed by atoms with Crippen LogP contribution in [0.5, 0.6) is 5.75 Å². The van der Waals surface area contributed by atoms with E-state index < -0.39 is 0 Å². The van der Waals surface area contributed by atoms with Crippen molar-refractivity contribution in [2.24, 2.45) is 0 Å². The summed E-state index contributed by atoms with van der Waals surface area (Å²) in [5, 5.41) is 2.84. The zero-order valence-electron chi connectivity index (χ0n) is 12.0. The number of anilines is 1. The van der Waals surface area contributed by atoms with Gasteiger partial charge in [0.05, 0.1) is 0 Å². The van der Waals surface area contributed by atoms with Gasteiger partial charge >= 0.3 is 0 Å². The Hall–Kier alpha value is -1.55. The van der Waals surface area contributed by atoms with Gasteiger partial charge in [-0.05, 0) is 31.0 Å². The molecule has 1 saturated carbocycles. The Balaban J connectivity index is 1.73. The van der Waals surface area contributed by atoms with Crippen LogP contribution in [0, 0.1) is 0 Å². The molecule has 2 aliphatic rings. The van der Waals surface area contributed by atoms with Gasteiger partial charge < -0.3 is 10.1 Å². The monoisotopic (exact) mass is 274 g/mol. The Morgan fingerprint density at radius 1 is 1.30 bits per heavy atom. The van der Waals surface area contributed by atoms with Gasteiger partial charge in [0.1, 0.15) is 12.5 Å². The number of carbonyl (C=O) groups is 1. The summed E-state index contributed by atoms with van der Waals surface area (Å²) < 4.78 is 5.86. The van der Waals surface area contributed by atoms with E-state index in [1.807, 2.05) is 18.2 Å². The SMILES string of the molecule is CC(=O)Nc1ccc2c(c1)CN(C1CCCCC1)CO2. The maximum absolute atomic E-state index is 11.1. The lowest BCUT2D eigenvalue weighted by atomic mass is 9.94. The first-order chi connectivity index (χ1) is 9.72. The zero-order chi connectivity index (χ0) is 13.9. The van der Waals surface area contributed by atoms with E-state index in [-0.39, 0.29) is 5.91 Å². The molecule has 1 aliphatic carbocycles. The molecule has 1 N–H and O–H groups in total. The van der Waals surface area contributed by atoms with Crippen LogP contribution in [0.1, 0.15) is 44.6 Å². The normalized spacial score (nSPS) is 20.1. The van der Waals surface area contributed by atoms with Gasteiger partial charge in [-0.25, -0.2) is 0 Å². The highest BCUT2D eigenvalue weighted by Gasteiger charge is 2.25. The average Bonchev–Trinajstić information content (AvgIpc) is 2.47. The van der Waals surface area contributed by atoms with Crippen molar-refractivity contribution >= 4 is 11.6 Å². The molecule has 0 bridgehead atoms. The van der Waals surface area contributed by atoms with Crippen LogP contribution in [0.15, 0.2) is 18.2 Å². The van der Waals surface area contributed by atoms with E-state index in [0.29, 0.717) is 12.8 Å². The fourth-order valence-electron chi connectivity index (χ4n) is 3.22. The van der Waals surface area contributed by atoms with Crippen LogP contribution >= 0.6 is 0 Å². The molecule has 1 amide bonds. The molecule has 4 nitrogen and oxygen atoms in total. The minimum atomic E-state index is -0.0363. The third-order valence-electron chi connectivity index (χ3n) is 4.23. The van der Waals surface area contributed by atoms with Gasteiger partial charge in [-0.2, -0.15) is 0 Å². The highest BCUT2D eigenvalue weighted by atomic mass is 16.5. The Labute approximate surface area is 120 Å². The van der Waals surface area contributed by atoms with Crippen molar-refractivity contribution in [3.8, 4) is 5.75 Å². The van der Waals surface area contributed by atoms with Gasteiger partial charge in [0, 0.05) is 30.8 Å². The summed E-state index contributed by atoms with van der Waals surface area (Å²) in [7, 11) is 0. The van der Waals surface area contributed by atoms with Crippen molar-refractivity contribution < 1.29 is 9.53 Å². The van der Waals surface area contributed by atoms with Crippen LogP contribution in [-0.2, 0) is 11.3 Å². The molecule has 0 spiro atoms. The first-order valence-corrected chi connectivity index (χ1v) is 7.50. The molecular weight excluding hydrogens is 252 g/mol. The van der Waals surface area contributed by atoms with Crippen molar-refractivity contribution in [1.82, 2.24) is 4.90 Å². The average molecular weight is 274 g/mol. The van der Waals surface area contributed by atoms with Gasteiger partial charge in [0.25, 0.3) is 0 Å². The Kier molecular flexibility index (Phi) is 3.92. The number of hydrogen-bond donors (Lipinski definition) is 1. The molecular formula is C16H22N2O2. The number of hydrogen-bond acceptors (Lipinski definition) is 3. The van der Waals surface area contributed by atoms with E-state index in [1.54, 1.807) is 0 Å². The quantitative estimate of drug-likeness (QED) is 0.901. The second-order valence-corrected chi connectivity index (χ2v) is 5.82. The number of fused-ring (bicyclic) bond motifs is 1. The number of nitrogens with one attached hydrogen (secondary N) is 1. The lowest BCUT2D eigenvalue weighted by molar-refractivity contribution is -0.114. The largest absolute Gasteiger partial charge is 0.478 e. The molecule has 1 aromatic carbocycles. The Morgan fingerprint density at radius 3 is 2.85 bits per heavy atom.